The highest BCUT2D eigenvalue weighted by atomic mass is 16.4. The van der Waals surface area contributed by atoms with Crippen LogP contribution in [0.15, 0.2) is 18.2 Å². The zero-order chi connectivity index (χ0) is 12.6. The van der Waals surface area contributed by atoms with Gasteiger partial charge in [0.05, 0.1) is 11.5 Å². The number of phenolic OH excluding ortho intramolecular Hbond substituents is 2. The van der Waals surface area contributed by atoms with E-state index in [1.165, 1.54) is 17.0 Å². The lowest BCUT2D eigenvalue weighted by Crippen LogP contribution is -2.53. The van der Waals surface area contributed by atoms with Gasteiger partial charge in [-0.1, -0.05) is 0 Å². The minimum atomic E-state index is -0.936. The van der Waals surface area contributed by atoms with Gasteiger partial charge in [-0.15, -0.1) is 0 Å². The molecule has 1 fully saturated rings. The number of likely N-dealkylation sites (tertiary alicyclic amines) is 1. The predicted octanol–water partition coefficient (Wildman–Crippen LogP) is 0.254. The summed E-state index contributed by atoms with van der Waals surface area (Å²) in [7, 11) is 0. The molecule has 1 saturated heterocycles. The molecule has 1 aliphatic heterocycles. The number of carboxylic acid groups (broad SMARTS) is 1. The Balaban J connectivity index is 2.11. The fourth-order valence-corrected chi connectivity index (χ4v) is 1.67. The minimum Gasteiger partial charge on any atom is -0.508 e. The van der Waals surface area contributed by atoms with Crippen molar-refractivity contribution in [2.45, 2.75) is 0 Å². The molecule has 0 bridgehead atoms. The van der Waals surface area contributed by atoms with E-state index in [1.54, 1.807) is 0 Å². The molecule has 1 amide bonds. The van der Waals surface area contributed by atoms with Crippen molar-refractivity contribution < 1.29 is 24.9 Å². The van der Waals surface area contributed by atoms with Gasteiger partial charge in [0, 0.05) is 13.1 Å². The van der Waals surface area contributed by atoms with Gasteiger partial charge in [0.1, 0.15) is 11.5 Å². The molecule has 1 aromatic carbocycles. The summed E-state index contributed by atoms with van der Waals surface area (Å²) in [6.45, 7) is 0.256. The first-order valence-electron chi connectivity index (χ1n) is 5.03. The molecule has 2 rings (SSSR count). The lowest BCUT2D eigenvalue weighted by molar-refractivity contribution is -0.146. The Morgan fingerprint density at radius 1 is 1.24 bits per heavy atom. The summed E-state index contributed by atoms with van der Waals surface area (Å²) in [5.74, 6) is -2.31. The van der Waals surface area contributed by atoms with Gasteiger partial charge < -0.3 is 20.2 Å². The zero-order valence-electron chi connectivity index (χ0n) is 8.83. The van der Waals surface area contributed by atoms with Gasteiger partial charge in [-0.2, -0.15) is 0 Å². The van der Waals surface area contributed by atoms with E-state index in [9.17, 15) is 19.8 Å². The van der Waals surface area contributed by atoms with Crippen LogP contribution in [0.2, 0.25) is 0 Å². The number of carbonyl (C=O) groups excluding carboxylic acids is 1. The minimum absolute atomic E-state index is 0.0196. The smallest absolute Gasteiger partial charge is 0.310 e. The first-order valence-corrected chi connectivity index (χ1v) is 5.03. The third kappa shape index (κ3) is 2.01. The second-order valence-electron chi connectivity index (χ2n) is 3.95. The van der Waals surface area contributed by atoms with E-state index in [0.717, 1.165) is 6.07 Å². The van der Waals surface area contributed by atoms with Crippen LogP contribution in [0.3, 0.4) is 0 Å². The monoisotopic (exact) mass is 237 g/mol. The quantitative estimate of drug-likeness (QED) is 0.641. The topological polar surface area (TPSA) is 98.1 Å². The molecule has 1 heterocycles. The van der Waals surface area contributed by atoms with Gasteiger partial charge in [0.2, 0.25) is 0 Å². The second kappa shape index (κ2) is 3.97. The van der Waals surface area contributed by atoms with Gasteiger partial charge in [-0.25, -0.2) is 0 Å². The van der Waals surface area contributed by atoms with Gasteiger partial charge in [-0.3, -0.25) is 9.59 Å². The Morgan fingerprint density at radius 2 is 1.88 bits per heavy atom. The molecule has 0 aromatic heterocycles. The molecule has 0 aliphatic carbocycles. The van der Waals surface area contributed by atoms with Crippen molar-refractivity contribution in [3.63, 3.8) is 0 Å². The van der Waals surface area contributed by atoms with E-state index in [2.05, 4.69) is 0 Å². The highest BCUT2D eigenvalue weighted by molar-refractivity contribution is 5.98. The van der Waals surface area contributed by atoms with Crippen LogP contribution < -0.4 is 0 Å². The van der Waals surface area contributed by atoms with Crippen LogP contribution in [0.25, 0.3) is 0 Å². The van der Waals surface area contributed by atoms with E-state index in [4.69, 9.17) is 5.11 Å². The number of aromatic hydroxyl groups is 2. The Morgan fingerprint density at radius 3 is 2.47 bits per heavy atom. The molecule has 0 radical (unpaired) electrons. The Kier molecular flexibility index (Phi) is 2.63. The molecule has 17 heavy (non-hydrogen) atoms. The molecular formula is C11H11NO5. The molecule has 0 atom stereocenters. The fourth-order valence-electron chi connectivity index (χ4n) is 1.67. The number of hydrogen-bond donors (Lipinski definition) is 3. The average molecular weight is 237 g/mol. The van der Waals surface area contributed by atoms with Crippen LogP contribution in [-0.2, 0) is 4.79 Å². The second-order valence-corrected chi connectivity index (χ2v) is 3.95. The van der Waals surface area contributed by atoms with E-state index < -0.39 is 17.8 Å². The number of carbonyl (C=O) groups is 2. The van der Waals surface area contributed by atoms with E-state index in [-0.39, 0.29) is 30.2 Å². The molecule has 1 aliphatic rings. The summed E-state index contributed by atoms with van der Waals surface area (Å²) < 4.78 is 0. The molecule has 6 heteroatoms. The summed E-state index contributed by atoms with van der Waals surface area (Å²) in [4.78, 5) is 23.7. The fraction of sp³-hybridized carbons (Fsp3) is 0.273. The van der Waals surface area contributed by atoms with E-state index >= 15 is 0 Å². The van der Waals surface area contributed by atoms with Crippen molar-refractivity contribution in [2.75, 3.05) is 13.1 Å². The zero-order valence-corrected chi connectivity index (χ0v) is 8.83. The third-order valence-corrected chi connectivity index (χ3v) is 2.73. The maximum atomic E-state index is 11.8. The lowest BCUT2D eigenvalue weighted by atomic mass is 9.99. The van der Waals surface area contributed by atoms with Gasteiger partial charge in [0.25, 0.3) is 5.91 Å². The Bertz CT molecular complexity index is 479. The molecule has 0 spiro atoms. The number of hydrogen-bond acceptors (Lipinski definition) is 4. The maximum absolute atomic E-state index is 11.8. The van der Waals surface area contributed by atoms with Crippen molar-refractivity contribution in [2.24, 2.45) is 5.92 Å². The van der Waals surface area contributed by atoms with Crippen molar-refractivity contribution >= 4 is 11.9 Å². The van der Waals surface area contributed by atoms with Crippen molar-refractivity contribution in [3.8, 4) is 11.5 Å². The number of rotatable bonds is 2. The van der Waals surface area contributed by atoms with E-state index in [0.29, 0.717) is 0 Å². The van der Waals surface area contributed by atoms with Crippen LogP contribution in [0.4, 0.5) is 0 Å². The van der Waals surface area contributed by atoms with Gasteiger partial charge in [-0.05, 0) is 18.2 Å². The molecule has 90 valence electrons. The summed E-state index contributed by atoms with van der Waals surface area (Å²) in [6, 6.07) is 3.64. The molecule has 0 saturated carbocycles. The normalized spacial score (nSPS) is 15.4. The first kappa shape index (κ1) is 11.3. The van der Waals surface area contributed by atoms with Crippen LogP contribution in [0.1, 0.15) is 10.4 Å². The predicted molar refractivity (Wildman–Crippen MR) is 56.8 cm³/mol. The molecule has 3 N–H and O–H groups in total. The first-order chi connectivity index (χ1) is 7.99. The molecular weight excluding hydrogens is 226 g/mol. The number of phenols is 2. The average Bonchev–Trinajstić information content (AvgIpc) is 2.18. The summed E-state index contributed by atoms with van der Waals surface area (Å²) in [5.41, 5.74) is -0.0196. The number of carboxylic acids is 1. The van der Waals surface area contributed by atoms with Crippen molar-refractivity contribution in [1.82, 2.24) is 4.90 Å². The number of aliphatic carboxylic acids is 1. The molecule has 1 aromatic rings. The van der Waals surface area contributed by atoms with Crippen molar-refractivity contribution in [3.05, 3.63) is 23.8 Å². The van der Waals surface area contributed by atoms with Crippen molar-refractivity contribution in [1.29, 1.82) is 0 Å². The van der Waals surface area contributed by atoms with Crippen LogP contribution >= 0.6 is 0 Å². The summed E-state index contributed by atoms with van der Waals surface area (Å²) in [5, 5.41) is 27.4. The highest BCUT2D eigenvalue weighted by Gasteiger charge is 2.36. The Labute approximate surface area is 96.7 Å². The number of amides is 1. The largest absolute Gasteiger partial charge is 0.508 e. The molecule has 6 nitrogen and oxygen atoms in total. The number of nitrogens with zero attached hydrogens (tertiary/aromatic N) is 1. The lowest BCUT2D eigenvalue weighted by Gasteiger charge is -2.36. The van der Waals surface area contributed by atoms with Crippen LogP contribution in [0, 0.1) is 5.92 Å². The highest BCUT2D eigenvalue weighted by Crippen LogP contribution is 2.26. The SMILES string of the molecule is O=C(O)C1CN(C(=O)c2cc(O)ccc2O)C1. The number of benzene rings is 1. The maximum Gasteiger partial charge on any atom is 0.310 e. The van der Waals surface area contributed by atoms with Gasteiger partial charge in [0.15, 0.2) is 0 Å². The standard InChI is InChI=1S/C11H11NO5/c13-7-1-2-9(14)8(3-7)10(15)12-4-6(5-12)11(16)17/h1-3,6,13-14H,4-5H2,(H,16,17). The van der Waals surface area contributed by atoms with Gasteiger partial charge >= 0.3 is 5.97 Å². The van der Waals surface area contributed by atoms with Crippen LogP contribution in [0.5, 0.6) is 11.5 Å². The molecule has 0 unspecified atom stereocenters. The Hall–Kier alpha value is -2.24. The van der Waals surface area contributed by atoms with E-state index in [1.807, 2.05) is 0 Å². The van der Waals surface area contributed by atoms with Crippen LogP contribution in [-0.4, -0.2) is 45.2 Å². The summed E-state index contributed by atoms with van der Waals surface area (Å²) >= 11 is 0. The third-order valence-electron chi connectivity index (χ3n) is 2.73. The summed E-state index contributed by atoms with van der Waals surface area (Å²) in [6.07, 6.45) is 0.